The smallest absolute Gasteiger partial charge is 0.178 e. The average Bonchev–Trinajstić information content (AvgIpc) is 2.42. The van der Waals surface area contributed by atoms with Crippen molar-refractivity contribution in [3.05, 3.63) is 64.1 Å². The van der Waals surface area contributed by atoms with Gasteiger partial charge in [0.1, 0.15) is 0 Å². The third kappa shape index (κ3) is 3.45. The lowest BCUT2D eigenvalue weighted by molar-refractivity contribution is 0.597. The first-order valence-electron chi connectivity index (χ1n) is 6.08. The minimum absolute atomic E-state index is 0.135. The van der Waals surface area contributed by atoms with Gasteiger partial charge in [-0.3, -0.25) is 0 Å². The first-order valence-corrected chi connectivity index (χ1v) is 8.52. The first kappa shape index (κ1) is 14.3. The van der Waals surface area contributed by atoms with Gasteiger partial charge in [0, 0.05) is 4.47 Å². The first-order chi connectivity index (χ1) is 9.03. The van der Waals surface area contributed by atoms with Crippen molar-refractivity contribution in [3.8, 4) is 0 Å². The molecule has 0 saturated carbocycles. The van der Waals surface area contributed by atoms with Crippen LogP contribution in [0.2, 0.25) is 0 Å². The van der Waals surface area contributed by atoms with E-state index in [1.807, 2.05) is 30.3 Å². The lowest BCUT2D eigenvalue weighted by Gasteiger charge is -2.06. The summed E-state index contributed by atoms with van der Waals surface area (Å²) in [5.74, 6) is 0.135. The van der Waals surface area contributed by atoms with Crippen molar-refractivity contribution in [2.75, 3.05) is 5.75 Å². The second-order valence-corrected chi connectivity index (χ2v) is 7.45. The molecule has 0 heterocycles. The van der Waals surface area contributed by atoms with E-state index in [0.29, 0.717) is 4.90 Å². The van der Waals surface area contributed by atoms with Crippen LogP contribution in [-0.2, 0) is 16.3 Å². The molecule has 0 bridgehead atoms. The van der Waals surface area contributed by atoms with Gasteiger partial charge < -0.3 is 0 Å². The van der Waals surface area contributed by atoms with Crippen molar-refractivity contribution in [3.63, 3.8) is 0 Å². The molecule has 2 aromatic rings. The molecule has 0 N–H and O–H groups in total. The van der Waals surface area contributed by atoms with Gasteiger partial charge in [0.15, 0.2) is 9.84 Å². The Kier molecular flexibility index (Phi) is 4.42. The Morgan fingerprint density at radius 2 is 1.63 bits per heavy atom. The van der Waals surface area contributed by atoms with Crippen molar-refractivity contribution in [1.29, 1.82) is 0 Å². The molecule has 2 nitrogen and oxygen atoms in total. The zero-order chi connectivity index (χ0) is 13.9. The highest BCUT2D eigenvalue weighted by atomic mass is 79.9. The van der Waals surface area contributed by atoms with E-state index in [0.717, 1.165) is 16.5 Å². The fourth-order valence-electron chi connectivity index (χ4n) is 1.84. The van der Waals surface area contributed by atoms with E-state index in [4.69, 9.17) is 0 Å². The fourth-order valence-corrected chi connectivity index (χ4v) is 3.15. The molecule has 0 aliphatic rings. The SMILES string of the molecule is CCS(=O)(=O)c1ccc(Cc2ccccc2Br)cc1. The van der Waals surface area contributed by atoms with Crippen LogP contribution in [0.25, 0.3) is 0 Å². The molecular formula is C15H15BrO2S. The summed E-state index contributed by atoms with van der Waals surface area (Å²) in [6.07, 6.45) is 0.786. The van der Waals surface area contributed by atoms with Crippen LogP contribution < -0.4 is 0 Å². The predicted molar refractivity (Wildman–Crippen MR) is 81.1 cm³/mol. The zero-order valence-electron chi connectivity index (χ0n) is 10.6. The maximum atomic E-state index is 11.7. The van der Waals surface area contributed by atoms with Gasteiger partial charge in [-0.1, -0.05) is 53.2 Å². The minimum atomic E-state index is -3.11. The summed E-state index contributed by atoms with van der Waals surface area (Å²) < 4.78 is 24.5. The van der Waals surface area contributed by atoms with E-state index in [1.54, 1.807) is 19.1 Å². The van der Waals surface area contributed by atoms with Gasteiger partial charge in [-0.05, 0) is 35.7 Å². The maximum Gasteiger partial charge on any atom is 0.178 e. The Labute approximate surface area is 122 Å². The van der Waals surface area contributed by atoms with Crippen LogP contribution in [0.3, 0.4) is 0 Å². The Hall–Kier alpha value is -1.13. The van der Waals surface area contributed by atoms with E-state index >= 15 is 0 Å². The number of halogens is 1. The molecule has 19 heavy (non-hydrogen) atoms. The van der Waals surface area contributed by atoms with Crippen molar-refractivity contribution in [2.24, 2.45) is 0 Å². The Morgan fingerprint density at radius 3 is 2.21 bits per heavy atom. The van der Waals surface area contributed by atoms with Crippen LogP contribution in [0.1, 0.15) is 18.1 Å². The number of hydrogen-bond donors (Lipinski definition) is 0. The van der Waals surface area contributed by atoms with Gasteiger partial charge in [0.05, 0.1) is 10.6 Å². The highest BCUT2D eigenvalue weighted by molar-refractivity contribution is 9.10. The molecule has 4 heteroatoms. The molecule has 0 unspecified atom stereocenters. The van der Waals surface area contributed by atoms with Crippen LogP contribution in [0.5, 0.6) is 0 Å². The second-order valence-electron chi connectivity index (χ2n) is 4.32. The second kappa shape index (κ2) is 5.88. The lowest BCUT2D eigenvalue weighted by Crippen LogP contribution is -2.03. The summed E-state index contributed by atoms with van der Waals surface area (Å²) in [5.41, 5.74) is 2.29. The molecule has 0 spiro atoms. The van der Waals surface area contributed by atoms with Gasteiger partial charge in [0.25, 0.3) is 0 Å². The molecule has 0 fully saturated rings. The molecular weight excluding hydrogens is 324 g/mol. The van der Waals surface area contributed by atoms with Crippen LogP contribution >= 0.6 is 15.9 Å². The van der Waals surface area contributed by atoms with Gasteiger partial charge in [-0.2, -0.15) is 0 Å². The lowest BCUT2D eigenvalue weighted by atomic mass is 10.1. The highest BCUT2D eigenvalue weighted by Gasteiger charge is 2.10. The van der Waals surface area contributed by atoms with Crippen LogP contribution in [0.15, 0.2) is 57.9 Å². The Morgan fingerprint density at radius 1 is 1.00 bits per heavy atom. The quantitative estimate of drug-likeness (QED) is 0.848. The standard InChI is InChI=1S/C15H15BrO2S/c1-2-19(17,18)14-9-7-12(8-10-14)11-13-5-3-4-6-15(13)16/h3-10H,2,11H2,1H3. The number of hydrogen-bond acceptors (Lipinski definition) is 2. The van der Waals surface area contributed by atoms with Crippen LogP contribution in [0.4, 0.5) is 0 Å². The highest BCUT2D eigenvalue weighted by Crippen LogP contribution is 2.20. The monoisotopic (exact) mass is 338 g/mol. The zero-order valence-corrected chi connectivity index (χ0v) is 13.0. The summed E-state index contributed by atoms with van der Waals surface area (Å²) in [5, 5.41) is 0. The summed E-state index contributed by atoms with van der Waals surface area (Å²) >= 11 is 3.52. The molecule has 0 radical (unpaired) electrons. The molecule has 0 aromatic heterocycles. The molecule has 100 valence electrons. The van der Waals surface area contributed by atoms with E-state index in [1.165, 1.54) is 5.56 Å². The molecule has 0 aliphatic heterocycles. The summed E-state index contributed by atoms with van der Waals surface area (Å²) in [7, 11) is -3.11. The van der Waals surface area contributed by atoms with Gasteiger partial charge in [-0.15, -0.1) is 0 Å². The molecule has 2 rings (SSSR count). The van der Waals surface area contributed by atoms with Gasteiger partial charge in [-0.25, -0.2) is 8.42 Å². The maximum absolute atomic E-state index is 11.7. The van der Waals surface area contributed by atoms with E-state index < -0.39 is 9.84 Å². The van der Waals surface area contributed by atoms with Crippen molar-refractivity contribution in [1.82, 2.24) is 0 Å². The third-order valence-corrected chi connectivity index (χ3v) is 5.54. The van der Waals surface area contributed by atoms with Crippen LogP contribution in [-0.4, -0.2) is 14.2 Å². The van der Waals surface area contributed by atoms with Crippen molar-refractivity contribution >= 4 is 25.8 Å². The molecule has 0 aliphatic carbocycles. The Balaban J connectivity index is 2.23. The van der Waals surface area contributed by atoms with E-state index in [9.17, 15) is 8.42 Å². The molecule has 0 atom stereocenters. The molecule has 0 amide bonds. The summed E-state index contributed by atoms with van der Waals surface area (Å²) in [6, 6.07) is 15.2. The third-order valence-electron chi connectivity index (χ3n) is 3.01. The van der Waals surface area contributed by atoms with Crippen LogP contribution in [0, 0.1) is 0 Å². The number of benzene rings is 2. The van der Waals surface area contributed by atoms with Gasteiger partial charge >= 0.3 is 0 Å². The molecule has 2 aromatic carbocycles. The fraction of sp³-hybridized carbons (Fsp3) is 0.200. The van der Waals surface area contributed by atoms with E-state index in [2.05, 4.69) is 22.0 Å². The average molecular weight is 339 g/mol. The van der Waals surface area contributed by atoms with Crippen molar-refractivity contribution in [2.45, 2.75) is 18.2 Å². The van der Waals surface area contributed by atoms with Crippen molar-refractivity contribution < 1.29 is 8.42 Å². The minimum Gasteiger partial charge on any atom is -0.224 e. The Bertz CT molecular complexity index is 661. The summed E-state index contributed by atoms with van der Waals surface area (Å²) in [4.78, 5) is 0.394. The predicted octanol–water partition coefficient (Wildman–Crippen LogP) is 3.83. The molecule has 0 saturated heterocycles. The number of rotatable bonds is 4. The largest absolute Gasteiger partial charge is 0.224 e. The normalized spacial score (nSPS) is 11.5. The number of sulfone groups is 1. The summed E-state index contributed by atoms with van der Waals surface area (Å²) in [6.45, 7) is 1.66. The van der Waals surface area contributed by atoms with E-state index in [-0.39, 0.29) is 5.75 Å². The topological polar surface area (TPSA) is 34.1 Å². The van der Waals surface area contributed by atoms with Gasteiger partial charge in [0.2, 0.25) is 0 Å².